The predicted octanol–water partition coefficient (Wildman–Crippen LogP) is 4.16. The molecule has 0 heterocycles. The molecule has 1 atom stereocenters. The van der Waals surface area contributed by atoms with Crippen LogP contribution in [0.3, 0.4) is 0 Å². The Kier molecular flexibility index (Phi) is 12.9. The number of hydrogen-bond acceptors (Lipinski definition) is 2. The van der Waals surface area contributed by atoms with Gasteiger partial charge in [-0.2, -0.15) is 0 Å². The molecule has 0 saturated carbocycles. The normalized spacial score (nSPS) is 13.4. The van der Waals surface area contributed by atoms with Crippen molar-refractivity contribution >= 4 is 0 Å². The maximum absolute atomic E-state index is 3.52. The molecular formula is C17H38N2. The zero-order valence-corrected chi connectivity index (χ0v) is 14.2. The Bertz CT molecular complexity index is 180. The molecule has 2 nitrogen and oxygen atoms in total. The number of nitrogens with zero attached hydrogens (tertiary/aromatic N) is 1. The van der Waals surface area contributed by atoms with Crippen LogP contribution in [0.15, 0.2) is 0 Å². The molecule has 0 rings (SSSR count). The van der Waals surface area contributed by atoms with E-state index >= 15 is 0 Å². The molecule has 0 fully saturated rings. The van der Waals surface area contributed by atoms with Gasteiger partial charge in [-0.15, -0.1) is 0 Å². The topological polar surface area (TPSA) is 15.3 Å². The summed E-state index contributed by atoms with van der Waals surface area (Å²) in [6.45, 7) is 14.1. The number of rotatable bonds is 13. The van der Waals surface area contributed by atoms with Crippen LogP contribution in [0.5, 0.6) is 0 Å². The molecule has 0 aromatic carbocycles. The second-order valence-corrected chi connectivity index (χ2v) is 6.67. The lowest BCUT2D eigenvalue weighted by Gasteiger charge is -2.22. The van der Waals surface area contributed by atoms with Gasteiger partial charge < -0.3 is 10.2 Å². The lowest BCUT2D eigenvalue weighted by Crippen LogP contribution is -2.28. The van der Waals surface area contributed by atoms with Crippen LogP contribution in [0.2, 0.25) is 0 Å². The van der Waals surface area contributed by atoms with Gasteiger partial charge in [0.2, 0.25) is 0 Å². The van der Waals surface area contributed by atoms with E-state index in [2.05, 4.69) is 45.0 Å². The van der Waals surface area contributed by atoms with Crippen molar-refractivity contribution in [2.45, 2.75) is 66.2 Å². The minimum absolute atomic E-state index is 0.784. The average molecular weight is 271 g/mol. The van der Waals surface area contributed by atoms with Crippen LogP contribution in [-0.4, -0.2) is 38.1 Å². The Morgan fingerprint density at radius 3 is 2.21 bits per heavy atom. The molecule has 1 unspecified atom stereocenters. The summed E-state index contributed by atoms with van der Waals surface area (Å²) in [5, 5.41) is 3.52. The summed E-state index contributed by atoms with van der Waals surface area (Å²) >= 11 is 0. The lowest BCUT2D eigenvalue weighted by atomic mass is 10.0. The summed E-state index contributed by atoms with van der Waals surface area (Å²) < 4.78 is 0. The lowest BCUT2D eigenvalue weighted by molar-refractivity contribution is 0.249. The van der Waals surface area contributed by atoms with Crippen molar-refractivity contribution in [3.05, 3.63) is 0 Å². The Morgan fingerprint density at radius 2 is 1.58 bits per heavy atom. The van der Waals surface area contributed by atoms with E-state index in [9.17, 15) is 0 Å². The van der Waals surface area contributed by atoms with Crippen molar-refractivity contribution in [3.63, 3.8) is 0 Å². The Hall–Kier alpha value is -0.0800. The van der Waals surface area contributed by atoms with Crippen molar-refractivity contribution in [3.8, 4) is 0 Å². The zero-order valence-electron chi connectivity index (χ0n) is 14.2. The smallest absolute Gasteiger partial charge is 0.000408 e. The highest BCUT2D eigenvalue weighted by Gasteiger charge is 2.07. The molecule has 0 aromatic rings. The van der Waals surface area contributed by atoms with Gasteiger partial charge in [0.1, 0.15) is 0 Å². The molecule has 1 N–H and O–H groups in total. The molecule has 19 heavy (non-hydrogen) atoms. The van der Waals surface area contributed by atoms with Gasteiger partial charge in [0.15, 0.2) is 0 Å². The first kappa shape index (κ1) is 18.9. The number of unbranched alkanes of at least 4 members (excludes halogenated alkanes) is 3. The Labute approximate surface area is 122 Å². The van der Waals surface area contributed by atoms with E-state index in [1.807, 2.05) is 0 Å². The van der Waals surface area contributed by atoms with Crippen molar-refractivity contribution in [2.75, 3.05) is 33.2 Å². The fourth-order valence-corrected chi connectivity index (χ4v) is 2.67. The van der Waals surface area contributed by atoms with Gasteiger partial charge in [-0.25, -0.2) is 0 Å². The third-order valence-corrected chi connectivity index (χ3v) is 3.56. The zero-order chi connectivity index (χ0) is 14.5. The summed E-state index contributed by atoms with van der Waals surface area (Å²) in [7, 11) is 2.26. The van der Waals surface area contributed by atoms with Crippen molar-refractivity contribution in [1.29, 1.82) is 0 Å². The van der Waals surface area contributed by atoms with E-state index in [0.29, 0.717) is 0 Å². The highest BCUT2D eigenvalue weighted by molar-refractivity contribution is 4.61. The minimum Gasteiger partial charge on any atom is -0.317 e. The first-order chi connectivity index (χ1) is 9.06. The van der Waals surface area contributed by atoms with Gasteiger partial charge in [0.05, 0.1) is 0 Å². The fourth-order valence-electron chi connectivity index (χ4n) is 2.67. The largest absolute Gasteiger partial charge is 0.317 e. The van der Waals surface area contributed by atoms with Crippen LogP contribution in [0.1, 0.15) is 66.2 Å². The second-order valence-electron chi connectivity index (χ2n) is 6.67. The highest BCUT2D eigenvalue weighted by atomic mass is 15.1. The summed E-state index contributed by atoms with van der Waals surface area (Å²) in [5.41, 5.74) is 0. The summed E-state index contributed by atoms with van der Waals surface area (Å²) in [6, 6.07) is 0. The molecule has 0 radical (unpaired) electrons. The molecule has 0 spiro atoms. The van der Waals surface area contributed by atoms with Gasteiger partial charge in [-0.1, -0.05) is 47.0 Å². The van der Waals surface area contributed by atoms with Crippen LogP contribution >= 0.6 is 0 Å². The van der Waals surface area contributed by atoms with Gasteiger partial charge in [0, 0.05) is 13.1 Å². The molecule has 0 saturated heterocycles. The first-order valence-corrected chi connectivity index (χ1v) is 8.45. The molecule has 0 bridgehead atoms. The van der Waals surface area contributed by atoms with Gasteiger partial charge in [-0.05, 0) is 51.2 Å². The summed E-state index contributed by atoms with van der Waals surface area (Å²) in [6.07, 6.45) is 8.13. The van der Waals surface area contributed by atoms with Gasteiger partial charge >= 0.3 is 0 Å². The van der Waals surface area contributed by atoms with E-state index < -0.39 is 0 Å². The van der Waals surface area contributed by atoms with E-state index in [1.165, 1.54) is 64.7 Å². The maximum atomic E-state index is 3.52. The van der Waals surface area contributed by atoms with Crippen LogP contribution in [0.4, 0.5) is 0 Å². The third kappa shape index (κ3) is 14.1. The van der Waals surface area contributed by atoms with Crippen molar-refractivity contribution < 1.29 is 0 Å². The molecule has 0 aliphatic heterocycles. The molecule has 0 aliphatic rings. The van der Waals surface area contributed by atoms with E-state index in [-0.39, 0.29) is 0 Å². The number of hydrogen-bond donors (Lipinski definition) is 1. The van der Waals surface area contributed by atoms with E-state index in [0.717, 1.165) is 11.8 Å². The molecular weight excluding hydrogens is 232 g/mol. The molecule has 0 aliphatic carbocycles. The standard InChI is InChI=1S/C17H38N2/c1-6-7-12-18-13-10-8-9-11-17(4)15-19(5)14-16(2)3/h16-18H,6-15H2,1-5H3. The van der Waals surface area contributed by atoms with Crippen LogP contribution < -0.4 is 5.32 Å². The third-order valence-electron chi connectivity index (χ3n) is 3.56. The van der Waals surface area contributed by atoms with Gasteiger partial charge in [-0.3, -0.25) is 0 Å². The fraction of sp³-hybridized carbons (Fsp3) is 1.00. The van der Waals surface area contributed by atoms with Crippen LogP contribution in [0.25, 0.3) is 0 Å². The predicted molar refractivity (Wildman–Crippen MR) is 87.7 cm³/mol. The van der Waals surface area contributed by atoms with Gasteiger partial charge in [0.25, 0.3) is 0 Å². The second kappa shape index (κ2) is 12.9. The quantitative estimate of drug-likeness (QED) is 0.506. The summed E-state index contributed by atoms with van der Waals surface area (Å²) in [5.74, 6) is 1.63. The monoisotopic (exact) mass is 270 g/mol. The van der Waals surface area contributed by atoms with Crippen LogP contribution in [-0.2, 0) is 0 Å². The Balaban J connectivity index is 3.31. The van der Waals surface area contributed by atoms with E-state index in [4.69, 9.17) is 0 Å². The average Bonchev–Trinajstić information content (AvgIpc) is 2.31. The van der Waals surface area contributed by atoms with E-state index in [1.54, 1.807) is 0 Å². The van der Waals surface area contributed by atoms with Crippen molar-refractivity contribution in [1.82, 2.24) is 10.2 Å². The molecule has 0 amide bonds. The van der Waals surface area contributed by atoms with Crippen molar-refractivity contribution in [2.24, 2.45) is 11.8 Å². The molecule has 0 aromatic heterocycles. The number of nitrogens with one attached hydrogen (secondary N) is 1. The van der Waals surface area contributed by atoms with Crippen LogP contribution in [0, 0.1) is 11.8 Å². The minimum atomic E-state index is 0.784. The Morgan fingerprint density at radius 1 is 0.895 bits per heavy atom. The highest BCUT2D eigenvalue weighted by Crippen LogP contribution is 2.11. The maximum Gasteiger partial charge on any atom is 0.000408 e. The SMILES string of the molecule is CCCCNCCCCCC(C)CN(C)CC(C)C. The molecule has 2 heteroatoms. The molecule has 116 valence electrons. The summed E-state index contributed by atoms with van der Waals surface area (Å²) in [4.78, 5) is 2.49. The first-order valence-electron chi connectivity index (χ1n) is 8.45.